The first-order valence-corrected chi connectivity index (χ1v) is 4.48. The van der Waals surface area contributed by atoms with Crippen LogP contribution in [0, 0.1) is 17.2 Å². The number of carbonyl (C=O) groups excluding carboxylic acids is 1. The summed E-state index contributed by atoms with van der Waals surface area (Å²) < 4.78 is 0. The Balaban J connectivity index is 2.41. The Bertz CT molecular complexity index is 179. The summed E-state index contributed by atoms with van der Waals surface area (Å²) in [5.74, 6) is 0.383. The molecule has 0 aliphatic heterocycles. The quantitative estimate of drug-likeness (QED) is 0.640. The van der Waals surface area contributed by atoms with Gasteiger partial charge in [-0.1, -0.05) is 19.3 Å². The molecule has 0 aromatic carbocycles. The van der Waals surface area contributed by atoms with Gasteiger partial charge < -0.3 is 5.32 Å². The Labute approximate surface area is 72.8 Å². The number of nitrogens with one attached hydrogen (secondary N) is 1. The van der Waals surface area contributed by atoms with Crippen molar-refractivity contribution in [2.75, 3.05) is 0 Å². The highest BCUT2D eigenvalue weighted by atomic mass is 16.1. The summed E-state index contributed by atoms with van der Waals surface area (Å²) in [5.41, 5.74) is 0. The van der Waals surface area contributed by atoms with E-state index in [1.54, 1.807) is 0 Å². The average molecular weight is 166 g/mol. The maximum absolute atomic E-state index is 10.2. The molecular weight excluding hydrogens is 152 g/mol. The van der Waals surface area contributed by atoms with Crippen molar-refractivity contribution in [3.63, 3.8) is 0 Å². The molecule has 1 N–H and O–H groups in total. The molecule has 3 nitrogen and oxygen atoms in total. The molecule has 1 atom stereocenters. The highest BCUT2D eigenvalue weighted by Gasteiger charge is 2.22. The minimum absolute atomic E-state index is 0.261. The van der Waals surface area contributed by atoms with E-state index in [1.807, 2.05) is 0 Å². The zero-order valence-corrected chi connectivity index (χ0v) is 7.12. The van der Waals surface area contributed by atoms with Gasteiger partial charge in [0.15, 0.2) is 0 Å². The van der Waals surface area contributed by atoms with Crippen LogP contribution in [0.2, 0.25) is 0 Å². The topological polar surface area (TPSA) is 52.9 Å². The molecule has 0 bridgehead atoms. The van der Waals surface area contributed by atoms with Crippen LogP contribution in [-0.2, 0) is 4.79 Å². The lowest BCUT2D eigenvalue weighted by Gasteiger charge is -2.24. The molecule has 66 valence electrons. The molecule has 0 spiro atoms. The highest BCUT2D eigenvalue weighted by molar-refractivity contribution is 5.47. The van der Waals surface area contributed by atoms with Crippen LogP contribution in [-0.4, -0.2) is 12.5 Å². The van der Waals surface area contributed by atoms with Crippen molar-refractivity contribution in [2.24, 2.45) is 5.92 Å². The Hall–Kier alpha value is -1.04. The second kappa shape index (κ2) is 4.76. The highest BCUT2D eigenvalue weighted by Crippen LogP contribution is 2.25. The fraction of sp³-hybridized carbons (Fsp3) is 0.778. The molecule has 0 aromatic heterocycles. The number of nitrogens with zero attached hydrogens (tertiary/aromatic N) is 1. The maximum atomic E-state index is 10.2. The third kappa shape index (κ3) is 2.23. The van der Waals surface area contributed by atoms with E-state index >= 15 is 0 Å². The van der Waals surface area contributed by atoms with Crippen LogP contribution >= 0.6 is 0 Å². The maximum Gasteiger partial charge on any atom is 0.208 e. The SMILES string of the molecule is N#CC(NC=O)C1CCCCC1. The standard InChI is InChI=1S/C9H14N2O/c10-6-9(11-7-12)8-4-2-1-3-5-8/h7-9H,1-5H2,(H,11,12). The molecule has 0 saturated heterocycles. The van der Waals surface area contributed by atoms with Gasteiger partial charge in [-0.15, -0.1) is 0 Å². The van der Waals surface area contributed by atoms with Crippen LogP contribution < -0.4 is 5.32 Å². The zero-order valence-electron chi connectivity index (χ0n) is 7.12. The van der Waals surface area contributed by atoms with Gasteiger partial charge in [0.25, 0.3) is 0 Å². The molecule has 1 unspecified atom stereocenters. The van der Waals surface area contributed by atoms with Gasteiger partial charge in [0.05, 0.1) is 6.07 Å². The number of amides is 1. The smallest absolute Gasteiger partial charge is 0.208 e. The zero-order chi connectivity index (χ0) is 8.81. The second-order valence-electron chi connectivity index (χ2n) is 3.29. The van der Waals surface area contributed by atoms with Crippen molar-refractivity contribution in [2.45, 2.75) is 38.1 Å². The minimum Gasteiger partial charge on any atom is -0.343 e. The van der Waals surface area contributed by atoms with E-state index in [0.29, 0.717) is 12.3 Å². The van der Waals surface area contributed by atoms with Crippen molar-refractivity contribution in [1.82, 2.24) is 5.32 Å². The molecule has 1 saturated carbocycles. The van der Waals surface area contributed by atoms with Gasteiger partial charge in [0.2, 0.25) is 6.41 Å². The first-order valence-electron chi connectivity index (χ1n) is 4.48. The van der Waals surface area contributed by atoms with E-state index in [4.69, 9.17) is 5.26 Å². The number of nitriles is 1. The second-order valence-corrected chi connectivity index (χ2v) is 3.29. The molecule has 0 aromatic rings. The summed E-state index contributed by atoms with van der Waals surface area (Å²) in [5, 5.41) is 11.3. The Morgan fingerprint density at radius 2 is 2.08 bits per heavy atom. The third-order valence-corrected chi connectivity index (χ3v) is 2.51. The van der Waals surface area contributed by atoms with Crippen LogP contribution in [0.5, 0.6) is 0 Å². The Kier molecular flexibility index (Phi) is 3.59. The molecule has 12 heavy (non-hydrogen) atoms. The van der Waals surface area contributed by atoms with Gasteiger partial charge in [-0.3, -0.25) is 4.79 Å². The molecule has 0 radical (unpaired) electrons. The Morgan fingerprint density at radius 3 is 2.58 bits per heavy atom. The summed E-state index contributed by atoms with van der Waals surface area (Å²) in [6, 6.07) is 1.87. The van der Waals surface area contributed by atoms with Gasteiger partial charge in [0, 0.05) is 0 Å². The first-order chi connectivity index (χ1) is 5.88. The van der Waals surface area contributed by atoms with E-state index in [1.165, 1.54) is 19.3 Å². The summed E-state index contributed by atoms with van der Waals surface area (Å²) in [4.78, 5) is 10.2. The van der Waals surface area contributed by atoms with E-state index in [2.05, 4.69) is 11.4 Å². The normalized spacial score (nSPS) is 20.9. The van der Waals surface area contributed by atoms with E-state index in [-0.39, 0.29) is 6.04 Å². The molecule has 1 rings (SSSR count). The van der Waals surface area contributed by atoms with Crippen LogP contribution in [0.1, 0.15) is 32.1 Å². The first kappa shape index (κ1) is 9.05. The van der Waals surface area contributed by atoms with E-state index in [9.17, 15) is 4.79 Å². The predicted molar refractivity (Wildman–Crippen MR) is 45.2 cm³/mol. The lowest BCUT2D eigenvalue weighted by atomic mass is 9.84. The van der Waals surface area contributed by atoms with Crippen molar-refractivity contribution < 1.29 is 4.79 Å². The molecule has 0 heterocycles. The van der Waals surface area contributed by atoms with Crippen LogP contribution in [0.15, 0.2) is 0 Å². The van der Waals surface area contributed by atoms with Crippen LogP contribution in [0.25, 0.3) is 0 Å². The van der Waals surface area contributed by atoms with Gasteiger partial charge >= 0.3 is 0 Å². The lowest BCUT2D eigenvalue weighted by Crippen LogP contribution is -2.35. The van der Waals surface area contributed by atoms with E-state index < -0.39 is 0 Å². The summed E-state index contributed by atoms with van der Waals surface area (Å²) in [6.07, 6.45) is 6.46. The van der Waals surface area contributed by atoms with Crippen LogP contribution in [0.3, 0.4) is 0 Å². The minimum atomic E-state index is -0.261. The summed E-state index contributed by atoms with van der Waals surface area (Å²) >= 11 is 0. The molecule has 1 aliphatic rings. The van der Waals surface area contributed by atoms with Gasteiger partial charge in [-0.25, -0.2) is 0 Å². The van der Waals surface area contributed by atoms with Crippen molar-refractivity contribution in [1.29, 1.82) is 5.26 Å². The Morgan fingerprint density at radius 1 is 1.42 bits per heavy atom. The molecule has 1 fully saturated rings. The molecule has 3 heteroatoms. The number of rotatable bonds is 3. The van der Waals surface area contributed by atoms with Crippen molar-refractivity contribution in [3.8, 4) is 6.07 Å². The molecule has 1 aliphatic carbocycles. The average Bonchev–Trinajstić information content (AvgIpc) is 2.15. The molecule has 1 amide bonds. The number of carbonyl (C=O) groups is 1. The predicted octanol–water partition coefficient (Wildman–Crippen LogP) is 1.20. The van der Waals surface area contributed by atoms with Crippen LogP contribution in [0.4, 0.5) is 0 Å². The van der Waals surface area contributed by atoms with Gasteiger partial charge in [0.1, 0.15) is 6.04 Å². The van der Waals surface area contributed by atoms with Gasteiger partial charge in [-0.05, 0) is 18.8 Å². The largest absolute Gasteiger partial charge is 0.343 e. The van der Waals surface area contributed by atoms with E-state index in [0.717, 1.165) is 12.8 Å². The van der Waals surface area contributed by atoms with Crippen molar-refractivity contribution >= 4 is 6.41 Å². The third-order valence-electron chi connectivity index (χ3n) is 2.51. The van der Waals surface area contributed by atoms with Gasteiger partial charge in [-0.2, -0.15) is 5.26 Å². The summed E-state index contributed by atoms with van der Waals surface area (Å²) in [6.45, 7) is 0. The van der Waals surface area contributed by atoms with Crippen molar-refractivity contribution in [3.05, 3.63) is 0 Å². The number of hydrogen-bond acceptors (Lipinski definition) is 2. The number of hydrogen-bond donors (Lipinski definition) is 1. The molecular formula is C9H14N2O. The summed E-state index contributed by atoms with van der Waals surface area (Å²) in [7, 11) is 0. The fourth-order valence-corrected chi connectivity index (χ4v) is 1.82. The fourth-order valence-electron chi connectivity index (χ4n) is 1.82. The lowest BCUT2D eigenvalue weighted by molar-refractivity contribution is -0.110. The monoisotopic (exact) mass is 166 g/mol.